The standard InChI is InChI=1S/C15H25N3O3/c19-13(17-15(14(20)21)6-2-7-15)12-3-1-10-18(12)11-4-8-16-9-5-11/h11-12,16H,1-10H2,(H,17,19)(H,20,21). The Kier molecular flexibility index (Phi) is 4.17. The minimum absolute atomic E-state index is 0.0758. The third-order valence-electron chi connectivity index (χ3n) is 5.35. The Morgan fingerprint density at radius 2 is 1.86 bits per heavy atom. The number of aliphatic carboxylic acids is 1. The number of piperidine rings is 1. The van der Waals surface area contributed by atoms with Gasteiger partial charge in [-0.2, -0.15) is 0 Å². The molecule has 0 aromatic rings. The number of hydrogen-bond acceptors (Lipinski definition) is 4. The van der Waals surface area contributed by atoms with Gasteiger partial charge in [0.05, 0.1) is 6.04 Å². The molecule has 6 heteroatoms. The van der Waals surface area contributed by atoms with Gasteiger partial charge in [-0.25, -0.2) is 4.79 Å². The minimum atomic E-state index is -0.987. The van der Waals surface area contributed by atoms with Crippen molar-refractivity contribution in [3.63, 3.8) is 0 Å². The first-order valence-corrected chi connectivity index (χ1v) is 8.14. The van der Waals surface area contributed by atoms with E-state index in [0.29, 0.717) is 18.9 Å². The van der Waals surface area contributed by atoms with Gasteiger partial charge in [0, 0.05) is 6.04 Å². The van der Waals surface area contributed by atoms with Crippen molar-refractivity contribution >= 4 is 11.9 Å². The molecule has 0 aromatic carbocycles. The monoisotopic (exact) mass is 295 g/mol. The Morgan fingerprint density at radius 1 is 1.14 bits per heavy atom. The number of carbonyl (C=O) groups excluding carboxylic acids is 1. The molecular weight excluding hydrogens is 270 g/mol. The quantitative estimate of drug-likeness (QED) is 0.696. The van der Waals surface area contributed by atoms with Gasteiger partial charge >= 0.3 is 5.97 Å². The summed E-state index contributed by atoms with van der Waals surface area (Å²) in [5.41, 5.74) is -0.987. The molecule has 2 heterocycles. The van der Waals surface area contributed by atoms with Crippen LogP contribution in [0, 0.1) is 0 Å². The smallest absolute Gasteiger partial charge is 0.329 e. The lowest BCUT2D eigenvalue weighted by Crippen LogP contribution is -2.62. The van der Waals surface area contributed by atoms with Crippen LogP contribution < -0.4 is 10.6 Å². The van der Waals surface area contributed by atoms with Gasteiger partial charge in [-0.05, 0) is 64.6 Å². The molecule has 3 aliphatic rings. The molecule has 3 fully saturated rings. The van der Waals surface area contributed by atoms with Crippen LogP contribution in [-0.2, 0) is 9.59 Å². The van der Waals surface area contributed by atoms with E-state index in [0.717, 1.165) is 51.7 Å². The zero-order valence-corrected chi connectivity index (χ0v) is 12.4. The van der Waals surface area contributed by atoms with Crippen molar-refractivity contribution in [2.24, 2.45) is 0 Å². The van der Waals surface area contributed by atoms with Gasteiger partial charge in [0.1, 0.15) is 5.54 Å². The summed E-state index contributed by atoms with van der Waals surface area (Å²) in [5.74, 6) is -0.957. The van der Waals surface area contributed by atoms with E-state index in [2.05, 4.69) is 15.5 Å². The van der Waals surface area contributed by atoms with E-state index in [1.807, 2.05) is 0 Å². The summed E-state index contributed by atoms with van der Waals surface area (Å²) in [6.07, 6.45) is 6.05. The van der Waals surface area contributed by atoms with E-state index in [1.165, 1.54) is 0 Å². The van der Waals surface area contributed by atoms with Crippen molar-refractivity contribution in [1.82, 2.24) is 15.5 Å². The Bertz CT molecular complexity index is 416. The van der Waals surface area contributed by atoms with Crippen LogP contribution in [0.1, 0.15) is 44.9 Å². The molecule has 0 spiro atoms. The highest BCUT2D eigenvalue weighted by Gasteiger charge is 2.47. The average molecular weight is 295 g/mol. The minimum Gasteiger partial charge on any atom is -0.480 e. The number of nitrogens with zero attached hydrogens (tertiary/aromatic N) is 1. The van der Waals surface area contributed by atoms with Crippen LogP contribution >= 0.6 is 0 Å². The Labute approximate surface area is 125 Å². The number of nitrogens with one attached hydrogen (secondary N) is 2. The van der Waals surface area contributed by atoms with Gasteiger partial charge in [-0.1, -0.05) is 0 Å². The summed E-state index contributed by atoms with van der Waals surface area (Å²) >= 11 is 0. The van der Waals surface area contributed by atoms with Gasteiger partial charge in [-0.15, -0.1) is 0 Å². The van der Waals surface area contributed by atoms with E-state index >= 15 is 0 Å². The van der Waals surface area contributed by atoms with Crippen LogP contribution in [-0.4, -0.2) is 59.1 Å². The summed E-state index contributed by atoms with van der Waals surface area (Å²) < 4.78 is 0. The number of carboxylic acids is 1. The van der Waals surface area contributed by atoms with E-state index in [9.17, 15) is 14.7 Å². The number of carbonyl (C=O) groups is 2. The normalized spacial score (nSPS) is 29.8. The first-order chi connectivity index (χ1) is 10.1. The molecular formula is C15H25N3O3. The number of carboxylic acid groups (broad SMARTS) is 1. The predicted octanol–water partition coefficient (Wildman–Crippen LogP) is 0.326. The molecule has 1 atom stereocenters. The van der Waals surface area contributed by atoms with Crippen molar-refractivity contribution in [3.8, 4) is 0 Å². The molecule has 3 N–H and O–H groups in total. The van der Waals surface area contributed by atoms with Gasteiger partial charge in [-0.3, -0.25) is 9.69 Å². The zero-order chi connectivity index (χ0) is 14.9. The van der Waals surface area contributed by atoms with Crippen LogP contribution in [0.25, 0.3) is 0 Å². The van der Waals surface area contributed by atoms with Gasteiger partial charge in [0.15, 0.2) is 0 Å². The van der Waals surface area contributed by atoms with Gasteiger partial charge in [0.2, 0.25) is 5.91 Å². The maximum atomic E-state index is 12.6. The van der Waals surface area contributed by atoms with Crippen molar-refractivity contribution in [3.05, 3.63) is 0 Å². The maximum absolute atomic E-state index is 12.6. The molecule has 3 rings (SSSR count). The number of hydrogen-bond donors (Lipinski definition) is 3. The number of rotatable bonds is 4. The second-order valence-corrected chi connectivity index (χ2v) is 6.61. The fraction of sp³-hybridized carbons (Fsp3) is 0.867. The van der Waals surface area contributed by atoms with Crippen LogP contribution in [0.4, 0.5) is 0 Å². The molecule has 118 valence electrons. The van der Waals surface area contributed by atoms with Crippen LogP contribution in [0.3, 0.4) is 0 Å². The molecule has 1 aliphatic carbocycles. The highest BCUT2D eigenvalue weighted by molar-refractivity contribution is 5.90. The van der Waals surface area contributed by atoms with E-state index in [-0.39, 0.29) is 11.9 Å². The summed E-state index contributed by atoms with van der Waals surface area (Å²) in [7, 11) is 0. The van der Waals surface area contributed by atoms with Gasteiger partial charge in [0.25, 0.3) is 0 Å². The van der Waals surface area contributed by atoms with Crippen LogP contribution in [0.5, 0.6) is 0 Å². The number of likely N-dealkylation sites (tertiary alicyclic amines) is 1. The second kappa shape index (κ2) is 5.93. The van der Waals surface area contributed by atoms with E-state index in [4.69, 9.17) is 0 Å². The SMILES string of the molecule is O=C(NC1(C(=O)O)CCC1)C1CCCN1C1CCNCC1. The van der Waals surface area contributed by atoms with Crippen molar-refractivity contribution in [2.75, 3.05) is 19.6 Å². The van der Waals surface area contributed by atoms with Crippen LogP contribution in [0.2, 0.25) is 0 Å². The Hall–Kier alpha value is -1.14. The summed E-state index contributed by atoms with van der Waals surface area (Å²) in [6, 6.07) is 0.330. The first-order valence-electron chi connectivity index (χ1n) is 8.14. The van der Waals surface area contributed by atoms with Crippen molar-refractivity contribution in [2.45, 2.75) is 62.6 Å². The molecule has 1 saturated carbocycles. The van der Waals surface area contributed by atoms with Crippen molar-refractivity contribution < 1.29 is 14.7 Å². The summed E-state index contributed by atoms with van der Waals surface area (Å²) in [4.78, 5) is 26.3. The first kappa shape index (κ1) is 14.8. The van der Waals surface area contributed by atoms with Crippen LogP contribution in [0.15, 0.2) is 0 Å². The molecule has 0 bridgehead atoms. The lowest BCUT2D eigenvalue weighted by Gasteiger charge is -2.41. The molecule has 0 aromatic heterocycles. The number of amides is 1. The zero-order valence-electron chi connectivity index (χ0n) is 12.4. The highest BCUT2D eigenvalue weighted by atomic mass is 16.4. The molecule has 2 aliphatic heterocycles. The molecule has 0 radical (unpaired) electrons. The Morgan fingerprint density at radius 3 is 2.43 bits per heavy atom. The molecule has 1 amide bonds. The lowest BCUT2D eigenvalue weighted by atomic mass is 9.76. The predicted molar refractivity (Wildman–Crippen MR) is 78.0 cm³/mol. The highest BCUT2D eigenvalue weighted by Crippen LogP contribution is 2.33. The maximum Gasteiger partial charge on any atom is 0.329 e. The lowest BCUT2D eigenvalue weighted by molar-refractivity contribution is -0.152. The Balaban J connectivity index is 1.64. The summed E-state index contributed by atoms with van der Waals surface area (Å²) in [6.45, 7) is 2.98. The third-order valence-corrected chi connectivity index (χ3v) is 5.35. The molecule has 6 nitrogen and oxygen atoms in total. The van der Waals surface area contributed by atoms with E-state index < -0.39 is 11.5 Å². The topological polar surface area (TPSA) is 81.7 Å². The largest absolute Gasteiger partial charge is 0.480 e. The van der Waals surface area contributed by atoms with Gasteiger partial charge < -0.3 is 15.7 Å². The third kappa shape index (κ3) is 2.79. The fourth-order valence-electron chi connectivity index (χ4n) is 3.89. The summed E-state index contributed by atoms with van der Waals surface area (Å²) in [5, 5.41) is 15.5. The molecule has 21 heavy (non-hydrogen) atoms. The average Bonchev–Trinajstić information content (AvgIpc) is 2.92. The fourth-order valence-corrected chi connectivity index (χ4v) is 3.89. The molecule has 1 unspecified atom stereocenters. The van der Waals surface area contributed by atoms with Crippen molar-refractivity contribution in [1.29, 1.82) is 0 Å². The molecule has 2 saturated heterocycles. The van der Waals surface area contributed by atoms with E-state index in [1.54, 1.807) is 0 Å². The second-order valence-electron chi connectivity index (χ2n) is 6.61.